The number of fused-ring (bicyclic) bond motifs is 1. The molecule has 0 aliphatic carbocycles. The minimum Gasteiger partial charge on any atom is -0.461 e. The summed E-state index contributed by atoms with van der Waals surface area (Å²) >= 11 is 0. The third kappa shape index (κ3) is 5.27. The van der Waals surface area contributed by atoms with Gasteiger partial charge < -0.3 is 19.2 Å². The molecule has 164 valence electrons. The molecule has 0 spiro atoms. The minimum absolute atomic E-state index is 0.0710. The number of hydrogen-bond donors (Lipinski definition) is 1. The molecule has 0 radical (unpaired) electrons. The van der Waals surface area contributed by atoms with Crippen LogP contribution in [-0.2, 0) is 28.9 Å². The summed E-state index contributed by atoms with van der Waals surface area (Å²) in [5.41, 5.74) is 2.62. The molecule has 0 unspecified atom stereocenters. The summed E-state index contributed by atoms with van der Waals surface area (Å²) < 4.78 is 18.1. The van der Waals surface area contributed by atoms with Crippen molar-refractivity contribution in [1.82, 2.24) is 20.1 Å². The number of esters is 1. The van der Waals surface area contributed by atoms with Crippen molar-refractivity contribution in [3.63, 3.8) is 0 Å². The van der Waals surface area contributed by atoms with E-state index in [9.17, 15) is 9.59 Å². The zero-order valence-electron chi connectivity index (χ0n) is 18.0. The molecule has 1 amide bonds. The van der Waals surface area contributed by atoms with Crippen molar-refractivity contribution in [1.29, 1.82) is 0 Å². The maximum absolute atomic E-state index is 12.7. The molecule has 3 heterocycles. The highest BCUT2D eigenvalue weighted by atomic mass is 16.5. The number of oxazole rings is 1. The van der Waals surface area contributed by atoms with Gasteiger partial charge in [-0.25, -0.2) is 9.78 Å². The minimum atomic E-state index is -0.491. The summed E-state index contributed by atoms with van der Waals surface area (Å²) in [6.45, 7) is 8.06. The predicted molar refractivity (Wildman–Crippen MR) is 109 cm³/mol. The molecule has 30 heavy (non-hydrogen) atoms. The lowest BCUT2D eigenvalue weighted by atomic mass is 10.1. The smallest absolute Gasteiger partial charge is 0.360 e. The van der Waals surface area contributed by atoms with Crippen LogP contribution in [0.25, 0.3) is 0 Å². The van der Waals surface area contributed by atoms with Crippen LogP contribution in [0.15, 0.2) is 4.42 Å². The molecule has 0 fully saturated rings. The number of hydrogen-bond acceptors (Lipinski definition) is 7. The number of carbonyl (C=O) groups is 2. The van der Waals surface area contributed by atoms with Crippen molar-refractivity contribution >= 4 is 11.9 Å². The molecule has 1 N–H and O–H groups in total. The van der Waals surface area contributed by atoms with E-state index >= 15 is 0 Å². The van der Waals surface area contributed by atoms with Gasteiger partial charge in [0.1, 0.15) is 5.76 Å². The van der Waals surface area contributed by atoms with E-state index in [1.807, 2.05) is 11.6 Å². The van der Waals surface area contributed by atoms with Gasteiger partial charge in [0, 0.05) is 39.6 Å². The van der Waals surface area contributed by atoms with Gasteiger partial charge in [0.05, 0.1) is 23.6 Å². The van der Waals surface area contributed by atoms with Gasteiger partial charge in [0.15, 0.2) is 11.6 Å². The lowest BCUT2D eigenvalue weighted by Crippen LogP contribution is -2.26. The van der Waals surface area contributed by atoms with E-state index < -0.39 is 5.97 Å². The summed E-state index contributed by atoms with van der Waals surface area (Å²) in [6, 6.07) is 0. The normalized spacial score (nSPS) is 15.2. The largest absolute Gasteiger partial charge is 0.461 e. The molecule has 0 saturated carbocycles. The van der Waals surface area contributed by atoms with E-state index in [0.29, 0.717) is 62.8 Å². The molecule has 1 aliphatic heterocycles. The number of carbonyl (C=O) groups excluding carboxylic acids is 2. The van der Waals surface area contributed by atoms with E-state index in [4.69, 9.17) is 13.9 Å². The summed E-state index contributed by atoms with van der Waals surface area (Å²) in [5.74, 6) is 0.328. The fourth-order valence-electron chi connectivity index (χ4n) is 3.57. The number of nitrogens with one attached hydrogen (secondary N) is 1. The standard InChI is InChI=1S/C21H30N4O5/c1-4-16-18-17(8-5-11-28-12-6-9-22-20(18)26)25(24-16)10-7-13-29-21(27)19-14(2)30-15(3)23-19/h4-13H2,1-3H3,(H,22,26). The second-order valence-electron chi connectivity index (χ2n) is 7.30. The highest BCUT2D eigenvalue weighted by Crippen LogP contribution is 2.19. The second-order valence-corrected chi connectivity index (χ2v) is 7.30. The number of rotatable bonds is 6. The Bertz CT molecular complexity index is 886. The van der Waals surface area contributed by atoms with E-state index in [1.165, 1.54) is 0 Å². The number of aromatic nitrogens is 3. The third-order valence-corrected chi connectivity index (χ3v) is 4.99. The van der Waals surface area contributed by atoms with E-state index in [1.54, 1.807) is 13.8 Å². The summed E-state index contributed by atoms with van der Waals surface area (Å²) in [7, 11) is 0. The summed E-state index contributed by atoms with van der Waals surface area (Å²) in [4.78, 5) is 29.0. The van der Waals surface area contributed by atoms with Crippen LogP contribution in [-0.4, -0.2) is 53.0 Å². The Labute approximate surface area is 176 Å². The van der Waals surface area contributed by atoms with Gasteiger partial charge in [0.2, 0.25) is 0 Å². The van der Waals surface area contributed by atoms with Crippen LogP contribution in [0.3, 0.4) is 0 Å². The average Bonchev–Trinajstić information content (AvgIpc) is 3.24. The third-order valence-electron chi connectivity index (χ3n) is 4.99. The molecule has 9 heteroatoms. The lowest BCUT2D eigenvalue weighted by Gasteiger charge is -2.10. The first-order chi connectivity index (χ1) is 14.5. The molecule has 2 aromatic rings. The molecule has 0 aromatic carbocycles. The Morgan fingerprint density at radius 3 is 2.80 bits per heavy atom. The van der Waals surface area contributed by atoms with Crippen LogP contribution in [0.5, 0.6) is 0 Å². The SMILES string of the molecule is CCc1nn(CCCOC(=O)c2nc(C)oc2C)c2c1C(=O)NCCCOCCC2. The Balaban J connectivity index is 1.66. The van der Waals surface area contributed by atoms with Gasteiger partial charge >= 0.3 is 5.97 Å². The fraction of sp³-hybridized carbons (Fsp3) is 0.619. The van der Waals surface area contributed by atoms with Gasteiger partial charge in [-0.3, -0.25) is 9.48 Å². The van der Waals surface area contributed by atoms with Crippen LogP contribution in [0.2, 0.25) is 0 Å². The van der Waals surface area contributed by atoms with Gasteiger partial charge in [-0.1, -0.05) is 6.92 Å². The van der Waals surface area contributed by atoms with Crippen LogP contribution in [0.1, 0.15) is 70.1 Å². The first kappa shape index (κ1) is 22.0. The van der Waals surface area contributed by atoms with Crippen LogP contribution < -0.4 is 5.32 Å². The summed E-state index contributed by atoms with van der Waals surface area (Å²) in [6.07, 6.45) is 3.60. The van der Waals surface area contributed by atoms with Gasteiger partial charge in [-0.05, 0) is 32.6 Å². The first-order valence-corrected chi connectivity index (χ1v) is 10.6. The molecule has 0 atom stereocenters. The Hall–Kier alpha value is -2.68. The zero-order chi connectivity index (χ0) is 21.5. The van der Waals surface area contributed by atoms with Crippen molar-refractivity contribution in [2.45, 2.75) is 59.4 Å². The molecule has 3 rings (SSSR count). The fourth-order valence-corrected chi connectivity index (χ4v) is 3.57. The predicted octanol–water partition coefficient (Wildman–Crippen LogP) is 2.38. The Morgan fingerprint density at radius 2 is 2.07 bits per heavy atom. The second kappa shape index (κ2) is 10.4. The van der Waals surface area contributed by atoms with Gasteiger partial charge in [0.25, 0.3) is 5.91 Å². The number of amides is 1. The topological polar surface area (TPSA) is 108 Å². The molecule has 2 aromatic heterocycles. The van der Waals surface area contributed by atoms with Crippen molar-refractivity contribution in [2.75, 3.05) is 26.4 Å². The van der Waals surface area contributed by atoms with Crippen molar-refractivity contribution < 1.29 is 23.5 Å². The number of nitrogens with zero attached hydrogens (tertiary/aromatic N) is 3. The van der Waals surface area contributed by atoms with Crippen LogP contribution >= 0.6 is 0 Å². The van der Waals surface area contributed by atoms with Gasteiger partial charge in [-0.15, -0.1) is 0 Å². The van der Waals surface area contributed by atoms with Crippen molar-refractivity contribution in [2.24, 2.45) is 0 Å². The van der Waals surface area contributed by atoms with E-state index in [-0.39, 0.29) is 18.2 Å². The maximum atomic E-state index is 12.7. The highest BCUT2D eigenvalue weighted by molar-refractivity contribution is 5.96. The quantitative estimate of drug-likeness (QED) is 0.567. The van der Waals surface area contributed by atoms with Crippen LogP contribution in [0, 0.1) is 13.8 Å². The number of ether oxygens (including phenoxy) is 2. The van der Waals surface area contributed by atoms with Crippen LogP contribution in [0.4, 0.5) is 0 Å². The lowest BCUT2D eigenvalue weighted by molar-refractivity contribution is 0.0486. The molecule has 0 bridgehead atoms. The van der Waals surface area contributed by atoms with Crippen molar-refractivity contribution in [3.05, 3.63) is 34.3 Å². The molecular weight excluding hydrogens is 388 g/mol. The first-order valence-electron chi connectivity index (χ1n) is 10.6. The Morgan fingerprint density at radius 1 is 1.27 bits per heavy atom. The monoisotopic (exact) mass is 418 g/mol. The highest BCUT2D eigenvalue weighted by Gasteiger charge is 2.23. The molecule has 9 nitrogen and oxygen atoms in total. The average molecular weight is 418 g/mol. The molecular formula is C21H30N4O5. The summed E-state index contributed by atoms with van der Waals surface area (Å²) in [5, 5.41) is 7.64. The van der Waals surface area contributed by atoms with Gasteiger partial charge in [-0.2, -0.15) is 5.10 Å². The zero-order valence-corrected chi connectivity index (χ0v) is 18.0. The van der Waals surface area contributed by atoms with E-state index in [2.05, 4.69) is 15.4 Å². The molecule has 1 aliphatic rings. The Kier molecular flexibility index (Phi) is 7.62. The van der Waals surface area contributed by atoms with Crippen molar-refractivity contribution in [3.8, 4) is 0 Å². The molecule has 0 saturated heterocycles. The number of aryl methyl sites for hydroxylation is 4. The van der Waals surface area contributed by atoms with E-state index in [0.717, 1.165) is 24.2 Å². The maximum Gasteiger partial charge on any atom is 0.360 e.